The average molecular weight is 839 g/mol. The van der Waals surface area contributed by atoms with Gasteiger partial charge in [0.1, 0.15) is 5.82 Å². The van der Waals surface area contributed by atoms with Crippen molar-refractivity contribution < 1.29 is 0 Å². The molecule has 0 amide bonds. The predicted molar refractivity (Wildman–Crippen MR) is 274 cm³/mol. The number of fused-ring (bicyclic) bond motifs is 8. The molecule has 0 aliphatic heterocycles. The second kappa shape index (κ2) is 15.9. The zero-order chi connectivity index (χ0) is 41.7. The smallest absolute Gasteiger partial charge is 0.147 e. The molecule has 0 fully saturated rings. The van der Waals surface area contributed by atoms with Crippen LogP contribution in [-0.2, 0) is 0 Å². The Morgan fingerprint density at radius 3 is 1.17 bits per heavy atom. The van der Waals surface area contributed by atoms with Gasteiger partial charge in [-0.25, -0.2) is 4.98 Å². The van der Waals surface area contributed by atoms with Crippen molar-refractivity contribution in [3.8, 4) is 17.1 Å². The van der Waals surface area contributed by atoms with E-state index in [0.717, 1.165) is 33.5 Å². The lowest BCUT2D eigenvalue weighted by Crippen LogP contribution is -2.21. The Kier molecular flexibility index (Phi) is 9.49. The molecule has 0 bridgehead atoms. The van der Waals surface area contributed by atoms with Gasteiger partial charge in [-0.05, 0) is 110 Å². The van der Waals surface area contributed by atoms with Gasteiger partial charge >= 0.3 is 0 Å². The van der Waals surface area contributed by atoms with Crippen LogP contribution in [-0.4, -0.2) is 9.55 Å². The fraction of sp³-hybridized carbons (Fsp3) is 0. The first kappa shape index (κ1) is 37.5. The van der Waals surface area contributed by atoms with E-state index in [0.29, 0.717) is 0 Å². The molecule has 0 saturated heterocycles. The maximum atomic E-state index is 5.85. The summed E-state index contributed by atoms with van der Waals surface area (Å²) in [5, 5.41) is 17.5. The molecular formula is C59H40N2P2. The number of para-hydroxylation sites is 1. The Morgan fingerprint density at radius 1 is 0.302 bits per heavy atom. The second-order valence-electron chi connectivity index (χ2n) is 16.0. The van der Waals surface area contributed by atoms with Crippen molar-refractivity contribution >= 4 is 102 Å². The van der Waals surface area contributed by atoms with Gasteiger partial charge in [0.15, 0.2) is 0 Å². The first-order valence-corrected chi connectivity index (χ1v) is 24.2. The molecule has 0 radical (unpaired) electrons. The number of imidazole rings is 1. The Labute approximate surface area is 369 Å². The maximum Gasteiger partial charge on any atom is 0.147 e. The van der Waals surface area contributed by atoms with Gasteiger partial charge < -0.3 is 0 Å². The number of aromatic nitrogens is 2. The van der Waals surface area contributed by atoms with Crippen LogP contribution in [0.5, 0.6) is 0 Å². The molecule has 11 aromatic carbocycles. The van der Waals surface area contributed by atoms with E-state index >= 15 is 0 Å². The number of nitrogens with zero attached hydrogens (tertiary/aromatic N) is 2. The van der Waals surface area contributed by atoms with E-state index in [2.05, 4.69) is 247 Å². The van der Waals surface area contributed by atoms with Crippen LogP contribution >= 0.6 is 15.8 Å². The van der Waals surface area contributed by atoms with Crippen LogP contribution in [0.4, 0.5) is 0 Å². The van der Waals surface area contributed by atoms with E-state index in [1.165, 1.54) is 69.5 Å². The number of rotatable bonds is 8. The van der Waals surface area contributed by atoms with E-state index in [1.54, 1.807) is 0 Å². The van der Waals surface area contributed by atoms with Gasteiger partial charge in [-0.1, -0.05) is 212 Å². The monoisotopic (exact) mass is 838 g/mol. The number of hydrogen-bond donors (Lipinski definition) is 0. The lowest BCUT2D eigenvalue weighted by molar-refractivity contribution is 1.11. The minimum Gasteiger partial charge on any atom is -0.292 e. The molecule has 1 aromatic heterocycles. The third-order valence-electron chi connectivity index (χ3n) is 12.3. The predicted octanol–water partition coefficient (Wildman–Crippen LogP) is 12.8. The summed E-state index contributed by atoms with van der Waals surface area (Å²) in [5.74, 6) is 0.942. The average Bonchev–Trinajstić information content (AvgIpc) is 3.75. The summed E-state index contributed by atoms with van der Waals surface area (Å²) >= 11 is 0. The van der Waals surface area contributed by atoms with Crippen LogP contribution in [0.1, 0.15) is 0 Å². The lowest BCUT2D eigenvalue weighted by Gasteiger charge is -2.22. The Balaban J connectivity index is 1.23. The van der Waals surface area contributed by atoms with Crippen LogP contribution in [0.3, 0.4) is 0 Å². The van der Waals surface area contributed by atoms with Gasteiger partial charge in [0, 0.05) is 22.0 Å². The second-order valence-corrected chi connectivity index (χ2v) is 20.4. The zero-order valence-electron chi connectivity index (χ0n) is 34.4. The minimum absolute atomic E-state index is 0.845. The molecule has 0 N–H and O–H groups in total. The lowest BCUT2D eigenvalue weighted by atomic mass is 9.96. The first-order chi connectivity index (χ1) is 31.3. The molecule has 0 atom stereocenters. The molecule has 296 valence electrons. The molecule has 2 nitrogen and oxygen atoms in total. The van der Waals surface area contributed by atoms with Crippen LogP contribution in [0.25, 0.3) is 71.2 Å². The zero-order valence-corrected chi connectivity index (χ0v) is 36.2. The fourth-order valence-electron chi connectivity index (χ4n) is 9.51. The van der Waals surface area contributed by atoms with Gasteiger partial charge in [-0.15, -0.1) is 0 Å². The molecule has 1 heterocycles. The van der Waals surface area contributed by atoms with Gasteiger partial charge in [-0.2, -0.15) is 0 Å². The summed E-state index contributed by atoms with van der Waals surface area (Å²) in [7, 11) is -1.70. The molecule has 0 aliphatic rings. The topological polar surface area (TPSA) is 17.8 Å². The maximum absolute atomic E-state index is 5.85. The molecule has 12 aromatic rings. The van der Waals surface area contributed by atoms with Crippen molar-refractivity contribution in [1.29, 1.82) is 0 Å². The highest BCUT2D eigenvalue weighted by Crippen LogP contribution is 2.45. The van der Waals surface area contributed by atoms with Crippen molar-refractivity contribution in [2.24, 2.45) is 0 Å². The van der Waals surface area contributed by atoms with Gasteiger partial charge in [-0.3, -0.25) is 4.57 Å². The highest BCUT2D eigenvalue weighted by atomic mass is 31.1. The minimum atomic E-state index is -0.851. The summed E-state index contributed by atoms with van der Waals surface area (Å²) in [4.78, 5) is 5.85. The fourth-order valence-corrected chi connectivity index (χ4v) is 14.1. The van der Waals surface area contributed by atoms with Crippen molar-refractivity contribution in [3.05, 3.63) is 243 Å². The highest BCUT2D eigenvalue weighted by molar-refractivity contribution is 7.80. The van der Waals surface area contributed by atoms with E-state index in [4.69, 9.17) is 4.98 Å². The Hall–Kier alpha value is -7.21. The Morgan fingerprint density at radius 2 is 0.698 bits per heavy atom. The first-order valence-electron chi connectivity index (χ1n) is 21.5. The normalized spacial score (nSPS) is 11.8. The highest BCUT2D eigenvalue weighted by Gasteiger charge is 2.26. The van der Waals surface area contributed by atoms with Crippen molar-refractivity contribution in [2.45, 2.75) is 0 Å². The van der Waals surface area contributed by atoms with Crippen molar-refractivity contribution in [3.63, 3.8) is 0 Å². The van der Waals surface area contributed by atoms with E-state index in [-0.39, 0.29) is 0 Å². The van der Waals surface area contributed by atoms with E-state index < -0.39 is 15.8 Å². The van der Waals surface area contributed by atoms with Crippen LogP contribution < -0.4 is 31.8 Å². The molecule has 0 unspecified atom stereocenters. The summed E-state index contributed by atoms with van der Waals surface area (Å²) in [6.45, 7) is 0. The third kappa shape index (κ3) is 6.54. The summed E-state index contributed by atoms with van der Waals surface area (Å²) in [6.07, 6.45) is 0. The number of benzene rings is 11. The van der Waals surface area contributed by atoms with Crippen LogP contribution in [0.2, 0.25) is 0 Å². The summed E-state index contributed by atoms with van der Waals surface area (Å²) < 4.78 is 2.44. The third-order valence-corrected chi connectivity index (χ3v) is 17.1. The van der Waals surface area contributed by atoms with Gasteiger partial charge in [0.25, 0.3) is 0 Å². The van der Waals surface area contributed by atoms with Crippen LogP contribution in [0.15, 0.2) is 243 Å². The van der Waals surface area contributed by atoms with Crippen molar-refractivity contribution in [1.82, 2.24) is 9.55 Å². The van der Waals surface area contributed by atoms with E-state index in [1.807, 2.05) is 0 Å². The molecule has 4 heteroatoms. The van der Waals surface area contributed by atoms with E-state index in [9.17, 15) is 0 Å². The summed E-state index contributed by atoms with van der Waals surface area (Å²) in [5.41, 5.74) is 4.35. The molecular weight excluding hydrogens is 799 g/mol. The molecule has 63 heavy (non-hydrogen) atoms. The molecule has 12 rings (SSSR count). The van der Waals surface area contributed by atoms with Crippen molar-refractivity contribution in [2.75, 3.05) is 0 Å². The molecule has 0 aliphatic carbocycles. The van der Waals surface area contributed by atoms with Gasteiger partial charge in [0.2, 0.25) is 0 Å². The molecule has 0 spiro atoms. The SMILES string of the molecule is c1ccc(-n2c(-c3c4ccccc4cc4ccccc34)nc3c4ccc(P(c5ccccc5)c5ccccc5)cc4c4cc(P(c5ccccc5)c5ccccc5)ccc4c32)cc1. The standard InChI is InChI=1S/C59H40N2P2/c1-6-22-43(23-7-1)61-58-53-37-35-49(63(46-28-12-4-13-29-46)47-30-14-5-15-31-47)40-55(53)54-39-48(62(44-24-8-2-9-25-44)45-26-10-3-11-27-45)34-36-52(54)57(58)60-59(61)56-50-32-18-16-20-41(50)38-42-21-17-19-33-51(42)56/h1-40H. The number of hydrogen-bond acceptors (Lipinski definition) is 1. The van der Waals surface area contributed by atoms with Gasteiger partial charge in [0.05, 0.1) is 11.0 Å². The Bertz CT molecular complexity index is 3480. The molecule has 0 saturated carbocycles. The quantitative estimate of drug-likeness (QED) is 0.0847. The summed E-state index contributed by atoms with van der Waals surface area (Å²) in [6, 6.07) is 89.4. The largest absolute Gasteiger partial charge is 0.292 e. The van der Waals surface area contributed by atoms with Crippen LogP contribution in [0, 0.1) is 0 Å².